The lowest BCUT2D eigenvalue weighted by Gasteiger charge is -2.08. The zero-order valence-corrected chi connectivity index (χ0v) is 10.1. The van der Waals surface area contributed by atoms with Crippen LogP contribution in [-0.2, 0) is 10.0 Å². The second-order valence-electron chi connectivity index (χ2n) is 3.21. The number of rotatable bonds is 5. The van der Waals surface area contributed by atoms with Crippen molar-refractivity contribution >= 4 is 27.3 Å². The molecule has 0 aliphatic heterocycles. The molecule has 0 saturated heterocycles. The molecule has 0 aromatic heterocycles. The molecule has 3 nitrogen and oxygen atoms in total. The molecular formula is C9H9ClF3NO2S. The largest absolute Gasteiger partial charge is 0.280 e. The van der Waals surface area contributed by atoms with Crippen LogP contribution >= 0.6 is 11.6 Å². The summed E-state index contributed by atoms with van der Waals surface area (Å²) >= 11 is 5.31. The number of sulfonamides is 1. The summed E-state index contributed by atoms with van der Waals surface area (Å²) < 4.78 is 63.0. The van der Waals surface area contributed by atoms with E-state index < -0.39 is 33.2 Å². The fourth-order valence-corrected chi connectivity index (χ4v) is 2.47. The Labute approximate surface area is 102 Å². The van der Waals surface area contributed by atoms with Crippen LogP contribution in [0.3, 0.4) is 0 Å². The summed E-state index contributed by atoms with van der Waals surface area (Å²) in [6.07, 6.45) is 0.169. The third kappa shape index (κ3) is 4.08. The first-order valence-electron chi connectivity index (χ1n) is 4.57. The van der Waals surface area contributed by atoms with Gasteiger partial charge >= 0.3 is 0 Å². The van der Waals surface area contributed by atoms with Crippen molar-refractivity contribution in [3.05, 3.63) is 29.6 Å². The van der Waals surface area contributed by atoms with E-state index >= 15 is 0 Å². The van der Waals surface area contributed by atoms with E-state index in [0.29, 0.717) is 6.07 Å². The van der Waals surface area contributed by atoms with Crippen molar-refractivity contribution < 1.29 is 21.6 Å². The zero-order chi connectivity index (χ0) is 13.1. The highest BCUT2D eigenvalue weighted by Crippen LogP contribution is 2.19. The molecule has 1 aromatic rings. The van der Waals surface area contributed by atoms with Crippen molar-refractivity contribution in [3.63, 3.8) is 0 Å². The van der Waals surface area contributed by atoms with Crippen LogP contribution in [0.4, 0.5) is 18.9 Å². The Bertz CT molecular complexity index is 507. The molecule has 17 heavy (non-hydrogen) atoms. The maximum Gasteiger partial charge on any atom is 0.232 e. The van der Waals surface area contributed by atoms with Gasteiger partial charge in [-0.1, -0.05) is 0 Å². The summed E-state index contributed by atoms with van der Waals surface area (Å²) in [6, 6.07) is 0.720. The number of alkyl halides is 1. The molecule has 0 spiro atoms. The molecule has 0 atom stereocenters. The summed E-state index contributed by atoms with van der Waals surface area (Å²) in [4.78, 5) is 0. The molecule has 0 aliphatic rings. The quantitative estimate of drug-likeness (QED) is 0.668. The van der Waals surface area contributed by atoms with Crippen LogP contribution < -0.4 is 4.72 Å². The second kappa shape index (κ2) is 5.59. The van der Waals surface area contributed by atoms with Gasteiger partial charge in [0.15, 0.2) is 11.6 Å². The Morgan fingerprint density at radius 3 is 2.29 bits per heavy atom. The predicted octanol–water partition coefficient (Wildman–Crippen LogP) is 2.47. The topological polar surface area (TPSA) is 46.2 Å². The molecule has 0 bridgehead atoms. The van der Waals surface area contributed by atoms with Gasteiger partial charge in [-0.05, 0) is 6.42 Å². The van der Waals surface area contributed by atoms with E-state index in [9.17, 15) is 21.6 Å². The summed E-state index contributed by atoms with van der Waals surface area (Å²) in [5, 5.41) is 0. The number of hydrogen-bond donors (Lipinski definition) is 1. The fraction of sp³-hybridized carbons (Fsp3) is 0.333. The SMILES string of the molecule is O=S(=O)(CCCCl)Nc1cc(F)c(F)cc1F. The van der Waals surface area contributed by atoms with Crippen molar-refractivity contribution in [3.8, 4) is 0 Å². The highest BCUT2D eigenvalue weighted by atomic mass is 35.5. The minimum atomic E-state index is -3.81. The average molecular weight is 288 g/mol. The third-order valence-corrected chi connectivity index (χ3v) is 3.45. The maximum atomic E-state index is 13.1. The third-order valence-electron chi connectivity index (χ3n) is 1.82. The monoisotopic (exact) mass is 287 g/mol. The van der Waals surface area contributed by atoms with Gasteiger partial charge in [-0.2, -0.15) is 0 Å². The van der Waals surface area contributed by atoms with E-state index in [-0.39, 0.29) is 24.1 Å². The summed E-state index contributed by atoms with van der Waals surface area (Å²) in [5.74, 6) is -4.10. The van der Waals surface area contributed by atoms with E-state index in [1.807, 2.05) is 4.72 Å². The molecule has 0 amide bonds. The number of nitrogens with one attached hydrogen (secondary N) is 1. The van der Waals surface area contributed by atoms with Crippen LogP contribution in [0.15, 0.2) is 12.1 Å². The first-order chi connectivity index (χ1) is 7.85. The molecule has 1 N–H and O–H groups in total. The van der Waals surface area contributed by atoms with Gasteiger partial charge in [0.25, 0.3) is 0 Å². The van der Waals surface area contributed by atoms with E-state index in [1.54, 1.807) is 0 Å². The van der Waals surface area contributed by atoms with Crippen LogP contribution in [-0.4, -0.2) is 20.1 Å². The van der Waals surface area contributed by atoms with Crippen molar-refractivity contribution in [2.24, 2.45) is 0 Å². The summed E-state index contributed by atoms with van der Waals surface area (Å²) in [7, 11) is -3.81. The Morgan fingerprint density at radius 2 is 1.71 bits per heavy atom. The van der Waals surface area contributed by atoms with Gasteiger partial charge in [-0.15, -0.1) is 11.6 Å². The molecule has 1 aromatic carbocycles. The summed E-state index contributed by atoms with van der Waals surface area (Å²) in [6.45, 7) is 0. The van der Waals surface area contributed by atoms with Gasteiger partial charge in [-0.3, -0.25) is 4.72 Å². The lowest BCUT2D eigenvalue weighted by atomic mass is 10.3. The number of benzene rings is 1. The molecule has 8 heteroatoms. The van der Waals surface area contributed by atoms with Crippen molar-refractivity contribution in [2.45, 2.75) is 6.42 Å². The molecule has 0 aliphatic carbocycles. The molecular weight excluding hydrogens is 279 g/mol. The van der Waals surface area contributed by atoms with Gasteiger partial charge in [-0.25, -0.2) is 21.6 Å². The van der Waals surface area contributed by atoms with Gasteiger partial charge < -0.3 is 0 Å². The van der Waals surface area contributed by atoms with E-state index in [1.165, 1.54) is 0 Å². The highest BCUT2D eigenvalue weighted by Gasteiger charge is 2.15. The predicted molar refractivity (Wildman–Crippen MR) is 59.1 cm³/mol. The van der Waals surface area contributed by atoms with Crippen LogP contribution in [0.25, 0.3) is 0 Å². The van der Waals surface area contributed by atoms with Gasteiger partial charge in [0.2, 0.25) is 10.0 Å². The van der Waals surface area contributed by atoms with Crippen LogP contribution in [0.1, 0.15) is 6.42 Å². The average Bonchev–Trinajstić information content (AvgIpc) is 2.23. The standard InChI is InChI=1S/C9H9ClF3NO2S/c10-2-1-3-17(15,16)14-9-5-7(12)6(11)4-8(9)13/h4-5,14H,1-3H2. The van der Waals surface area contributed by atoms with E-state index in [4.69, 9.17) is 11.6 Å². The van der Waals surface area contributed by atoms with Crippen molar-refractivity contribution in [2.75, 3.05) is 16.4 Å². The van der Waals surface area contributed by atoms with Crippen molar-refractivity contribution in [1.29, 1.82) is 0 Å². The normalized spacial score (nSPS) is 11.5. The van der Waals surface area contributed by atoms with Gasteiger partial charge in [0.05, 0.1) is 11.4 Å². The summed E-state index contributed by atoms with van der Waals surface area (Å²) in [5.41, 5.74) is -0.626. The minimum Gasteiger partial charge on any atom is -0.280 e. The van der Waals surface area contributed by atoms with Crippen LogP contribution in [0.2, 0.25) is 0 Å². The van der Waals surface area contributed by atoms with E-state index in [2.05, 4.69) is 0 Å². The number of hydrogen-bond acceptors (Lipinski definition) is 2. The first-order valence-corrected chi connectivity index (χ1v) is 6.75. The lowest BCUT2D eigenvalue weighted by Crippen LogP contribution is -2.18. The van der Waals surface area contributed by atoms with Gasteiger partial charge in [0.1, 0.15) is 5.82 Å². The number of anilines is 1. The molecule has 0 saturated carbocycles. The smallest absolute Gasteiger partial charge is 0.232 e. The Kier molecular flexibility index (Phi) is 4.64. The zero-order valence-electron chi connectivity index (χ0n) is 8.51. The maximum absolute atomic E-state index is 13.1. The Balaban J connectivity index is 2.92. The Hall–Kier alpha value is -0.950. The highest BCUT2D eigenvalue weighted by molar-refractivity contribution is 7.92. The van der Waals surface area contributed by atoms with Gasteiger partial charge in [0, 0.05) is 18.0 Å². The molecule has 96 valence electrons. The Morgan fingerprint density at radius 1 is 1.12 bits per heavy atom. The minimum absolute atomic E-state index is 0.126. The second-order valence-corrected chi connectivity index (χ2v) is 5.43. The number of halogens is 4. The fourth-order valence-electron chi connectivity index (χ4n) is 1.06. The molecule has 0 unspecified atom stereocenters. The first kappa shape index (κ1) is 14.1. The molecule has 0 heterocycles. The van der Waals surface area contributed by atoms with Crippen molar-refractivity contribution in [1.82, 2.24) is 0 Å². The van der Waals surface area contributed by atoms with Crippen LogP contribution in [0.5, 0.6) is 0 Å². The van der Waals surface area contributed by atoms with E-state index in [0.717, 1.165) is 0 Å². The molecule has 0 fully saturated rings. The lowest BCUT2D eigenvalue weighted by molar-refractivity contribution is 0.496. The molecule has 1 rings (SSSR count). The van der Waals surface area contributed by atoms with Crippen LogP contribution in [0, 0.1) is 17.5 Å². The molecule has 0 radical (unpaired) electrons.